The first kappa shape index (κ1) is 19.6. The summed E-state index contributed by atoms with van der Waals surface area (Å²) in [6.07, 6.45) is 1.96. The van der Waals surface area contributed by atoms with Gasteiger partial charge in [0.1, 0.15) is 5.69 Å². The predicted molar refractivity (Wildman–Crippen MR) is 97.7 cm³/mol. The molecular formula is C19H29N3O3. The van der Waals surface area contributed by atoms with Gasteiger partial charge in [0.05, 0.1) is 45.8 Å². The van der Waals surface area contributed by atoms with E-state index in [1.165, 1.54) is 5.56 Å². The summed E-state index contributed by atoms with van der Waals surface area (Å²) in [5.41, 5.74) is 3.29. The van der Waals surface area contributed by atoms with Gasteiger partial charge < -0.3 is 14.2 Å². The van der Waals surface area contributed by atoms with Crippen LogP contribution in [0, 0.1) is 0 Å². The Hall–Kier alpha value is -1.76. The van der Waals surface area contributed by atoms with Gasteiger partial charge in [-0.2, -0.15) is 0 Å². The standard InChI is InChI=1S/C19H29N3O3/c1-4-23-10-11-25-13-12-24-9-8-22-15-19(20-21-22)18-7-5-6-17(14-18)16(2)3/h5-7,14-16H,4,8-13H2,1-3H3. The van der Waals surface area contributed by atoms with E-state index in [1.54, 1.807) is 0 Å². The summed E-state index contributed by atoms with van der Waals surface area (Å²) in [6.45, 7) is 10.7. The molecule has 0 aliphatic carbocycles. The highest BCUT2D eigenvalue weighted by Crippen LogP contribution is 2.22. The lowest BCUT2D eigenvalue weighted by atomic mass is 10.00. The zero-order chi connectivity index (χ0) is 17.9. The minimum atomic E-state index is 0.499. The van der Waals surface area contributed by atoms with E-state index >= 15 is 0 Å². The smallest absolute Gasteiger partial charge is 0.113 e. The molecule has 0 N–H and O–H groups in total. The van der Waals surface area contributed by atoms with Crippen LogP contribution in [0.15, 0.2) is 30.5 Å². The van der Waals surface area contributed by atoms with Crippen LogP contribution in [-0.4, -0.2) is 54.6 Å². The summed E-state index contributed by atoms with van der Waals surface area (Å²) in [5.74, 6) is 0.499. The Labute approximate surface area is 150 Å². The van der Waals surface area contributed by atoms with Gasteiger partial charge in [-0.1, -0.05) is 37.3 Å². The molecule has 25 heavy (non-hydrogen) atoms. The summed E-state index contributed by atoms with van der Waals surface area (Å²) in [4.78, 5) is 0. The molecule has 6 heteroatoms. The van der Waals surface area contributed by atoms with Crippen molar-refractivity contribution >= 4 is 0 Å². The Morgan fingerprint density at radius 1 is 1.00 bits per heavy atom. The molecule has 0 radical (unpaired) electrons. The molecule has 0 fully saturated rings. The lowest BCUT2D eigenvalue weighted by Crippen LogP contribution is -2.12. The van der Waals surface area contributed by atoms with Crippen molar-refractivity contribution in [3.8, 4) is 11.3 Å². The monoisotopic (exact) mass is 347 g/mol. The largest absolute Gasteiger partial charge is 0.379 e. The maximum atomic E-state index is 5.56. The van der Waals surface area contributed by atoms with Crippen LogP contribution < -0.4 is 0 Å². The average molecular weight is 347 g/mol. The fraction of sp³-hybridized carbons (Fsp3) is 0.579. The summed E-state index contributed by atoms with van der Waals surface area (Å²) in [7, 11) is 0. The van der Waals surface area contributed by atoms with Crippen LogP contribution in [0.25, 0.3) is 11.3 Å². The minimum absolute atomic E-state index is 0.499. The van der Waals surface area contributed by atoms with Gasteiger partial charge in [0.15, 0.2) is 0 Å². The molecule has 2 aromatic rings. The quantitative estimate of drug-likeness (QED) is 0.552. The number of rotatable bonds is 12. The second-order valence-corrected chi connectivity index (χ2v) is 6.07. The fourth-order valence-electron chi connectivity index (χ4n) is 2.34. The molecular weight excluding hydrogens is 318 g/mol. The lowest BCUT2D eigenvalue weighted by molar-refractivity contribution is 0.0150. The molecule has 0 spiro atoms. The van der Waals surface area contributed by atoms with Crippen molar-refractivity contribution in [2.24, 2.45) is 0 Å². The Morgan fingerprint density at radius 2 is 1.72 bits per heavy atom. The third-order valence-electron chi connectivity index (χ3n) is 3.80. The molecule has 6 nitrogen and oxygen atoms in total. The highest BCUT2D eigenvalue weighted by atomic mass is 16.5. The molecule has 0 saturated heterocycles. The first-order valence-electron chi connectivity index (χ1n) is 8.94. The van der Waals surface area contributed by atoms with Crippen molar-refractivity contribution < 1.29 is 14.2 Å². The second-order valence-electron chi connectivity index (χ2n) is 6.07. The van der Waals surface area contributed by atoms with Crippen molar-refractivity contribution in [1.82, 2.24) is 15.0 Å². The SMILES string of the molecule is CCOCCOCCOCCn1cc(-c2cccc(C(C)C)c2)nn1. The predicted octanol–water partition coefficient (Wildman–Crippen LogP) is 3.14. The van der Waals surface area contributed by atoms with Gasteiger partial charge in [-0.15, -0.1) is 5.10 Å². The van der Waals surface area contributed by atoms with Gasteiger partial charge in [0.25, 0.3) is 0 Å². The van der Waals surface area contributed by atoms with Crippen LogP contribution in [0.3, 0.4) is 0 Å². The summed E-state index contributed by atoms with van der Waals surface area (Å²) in [6, 6.07) is 8.45. The maximum Gasteiger partial charge on any atom is 0.113 e. The number of aromatic nitrogens is 3. The van der Waals surface area contributed by atoms with Crippen LogP contribution in [-0.2, 0) is 20.8 Å². The third-order valence-corrected chi connectivity index (χ3v) is 3.80. The van der Waals surface area contributed by atoms with E-state index in [9.17, 15) is 0 Å². The average Bonchev–Trinajstić information content (AvgIpc) is 3.09. The minimum Gasteiger partial charge on any atom is -0.379 e. The second kappa shape index (κ2) is 11.0. The third kappa shape index (κ3) is 6.94. The topological polar surface area (TPSA) is 58.4 Å². The van der Waals surface area contributed by atoms with Gasteiger partial charge in [0.2, 0.25) is 0 Å². The maximum absolute atomic E-state index is 5.56. The molecule has 0 atom stereocenters. The molecule has 0 bridgehead atoms. The lowest BCUT2D eigenvalue weighted by Gasteiger charge is -2.06. The Morgan fingerprint density at radius 3 is 2.44 bits per heavy atom. The normalized spacial score (nSPS) is 11.4. The number of ether oxygens (including phenoxy) is 3. The van der Waals surface area contributed by atoms with Crippen molar-refractivity contribution in [3.05, 3.63) is 36.0 Å². The molecule has 0 aliphatic heterocycles. The molecule has 1 aromatic heterocycles. The van der Waals surface area contributed by atoms with Crippen molar-refractivity contribution in [1.29, 1.82) is 0 Å². The van der Waals surface area contributed by atoms with E-state index in [2.05, 4.69) is 48.4 Å². The molecule has 0 unspecified atom stereocenters. The number of nitrogens with zero attached hydrogens (tertiary/aromatic N) is 3. The molecule has 2 rings (SSSR count). The zero-order valence-corrected chi connectivity index (χ0v) is 15.5. The van der Waals surface area contributed by atoms with Gasteiger partial charge >= 0.3 is 0 Å². The van der Waals surface area contributed by atoms with Gasteiger partial charge in [-0.3, -0.25) is 0 Å². The van der Waals surface area contributed by atoms with Crippen molar-refractivity contribution in [2.45, 2.75) is 33.2 Å². The first-order chi connectivity index (χ1) is 12.2. The van der Waals surface area contributed by atoms with Gasteiger partial charge in [-0.05, 0) is 24.5 Å². The fourth-order valence-corrected chi connectivity index (χ4v) is 2.34. The van der Waals surface area contributed by atoms with Crippen LogP contribution in [0.4, 0.5) is 0 Å². The van der Waals surface area contributed by atoms with Crippen LogP contribution in [0.1, 0.15) is 32.3 Å². The Kier molecular flexibility index (Phi) is 8.59. The highest BCUT2D eigenvalue weighted by Gasteiger charge is 2.06. The van der Waals surface area contributed by atoms with Crippen molar-refractivity contribution in [3.63, 3.8) is 0 Å². The Bertz CT molecular complexity index is 613. The molecule has 0 aliphatic rings. The first-order valence-corrected chi connectivity index (χ1v) is 8.94. The molecule has 1 heterocycles. The zero-order valence-electron chi connectivity index (χ0n) is 15.5. The number of benzene rings is 1. The summed E-state index contributed by atoms with van der Waals surface area (Å²) >= 11 is 0. The van der Waals surface area contributed by atoms with Gasteiger partial charge in [-0.25, -0.2) is 4.68 Å². The van der Waals surface area contributed by atoms with E-state index in [0.717, 1.165) is 17.9 Å². The van der Waals surface area contributed by atoms with Crippen LogP contribution in [0.5, 0.6) is 0 Å². The molecule has 0 saturated carbocycles. The highest BCUT2D eigenvalue weighted by molar-refractivity contribution is 5.58. The molecule has 138 valence electrons. The molecule has 1 aromatic carbocycles. The number of hydrogen-bond donors (Lipinski definition) is 0. The van der Waals surface area contributed by atoms with Gasteiger partial charge in [0, 0.05) is 12.2 Å². The van der Waals surface area contributed by atoms with E-state index in [1.807, 2.05) is 17.8 Å². The number of hydrogen-bond acceptors (Lipinski definition) is 5. The van der Waals surface area contributed by atoms with E-state index < -0.39 is 0 Å². The van der Waals surface area contributed by atoms with Crippen LogP contribution in [0.2, 0.25) is 0 Å². The van der Waals surface area contributed by atoms with E-state index in [0.29, 0.717) is 45.5 Å². The van der Waals surface area contributed by atoms with E-state index in [4.69, 9.17) is 14.2 Å². The Balaban J connectivity index is 1.69. The summed E-state index contributed by atoms with van der Waals surface area (Å²) < 4.78 is 18.0. The van der Waals surface area contributed by atoms with Crippen molar-refractivity contribution in [2.75, 3.05) is 39.6 Å². The van der Waals surface area contributed by atoms with E-state index in [-0.39, 0.29) is 0 Å². The van der Waals surface area contributed by atoms with Crippen LogP contribution >= 0.6 is 0 Å². The molecule has 0 amide bonds. The summed E-state index contributed by atoms with van der Waals surface area (Å²) in [5, 5.41) is 8.44.